The molecule has 46 heavy (non-hydrogen) atoms. The third-order valence-electron chi connectivity index (χ3n) is 6.78. The van der Waals surface area contributed by atoms with Gasteiger partial charge in [0.25, 0.3) is 5.91 Å². The van der Waals surface area contributed by atoms with E-state index in [-0.39, 0.29) is 17.1 Å². The Morgan fingerprint density at radius 3 is 2.26 bits per heavy atom. The third kappa shape index (κ3) is 6.44. The first-order valence-corrected chi connectivity index (χ1v) is 13.5. The minimum absolute atomic E-state index is 0.143. The van der Waals surface area contributed by atoms with E-state index in [0.717, 1.165) is 10.2 Å². The van der Waals surface area contributed by atoms with Gasteiger partial charge in [0.05, 0.1) is 17.1 Å². The molecule has 0 fully saturated rings. The number of nitrogens with zero attached hydrogens (tertiary/aromatic N) is 3. The number of halogens is 5. The number of aryl methyl sites for hydroxylation is 1. The fourth-order valence-corrected chi connectivity index (χ4v) is 4.54. The van der Waals surface area contributed by atoms with Crippen LogP contribution < -0.4 is 21.1 Å². The van der Waals surface area contributed by atoms with E-state index in [9.17, 15) is 31.5 Å². The number of pyridine rings is 1. The van der Waals surface area contributed by atoms with Gasteiger partial charge in [-0.2, -0.15) is 27.1 Å². The number of amides is 3. The van der Waals surface area contributed by atoms with Gasteiger partial charge < -0.3 is 20.5 Å². The molecule has 3 aromatic carbocycles. The van der Waals surface area contributed by atoms with Crippen LogP contribution in [0.15, 0.2) is 85.1 Å². The van der Waals surface area contributed by atoms with E-state index in [1.807, 2.05) is 0 Å². The van der Waals surface area contributed by atoms with Crippen molar-refractivity contribution >= 4 is 34.2 Å². The maximum atomic E-state index is 14.2. The molecule has 10 nitrogen and oxygen atoms in total. The van der Waals surface area contributed by atoms with Gasteiger partial charge >= 0.3 is 18.1 Å². The van der Waals surface area contributed by atoms with Gasteiger partial charge in [-0.25, -0.2) is 9.48 Å². The number of methoxy groups -OCH3 is 1. The van der Waals surface area contributed by atoms with Crippen molar-refractivity contribution in [3.8, 4) is 17.2 Å². The van der Waals surface area contributed by atoms with Crippen LogP contribution in [0, 0.1) is 6.92 Å². The number of rotatable bonds is 9. The molecule has 0 bridgehead atoms. The van der Waals surface area contributed by atoms with E-state index in [0.29, 0.717) is 28.3 Å². The van der Waals surface area contributed by atoms with Gasteiger partial charge in [0.1, 0.15) is 23.0 Å². The monoisotopic (exact) mass is 640 g/mol. The van der Waals surface area contributed by atoms with Crippen LogP contribution in [0.5, 0.6) is 11.5 Å². The average molecular weight is 641 g/mol. The summed E-state index contributed by atoms with van der Waals surface area (Å²) in [4.78, 5) is 28.9. The van der Waals surface area contributed by atoms with Crippen LogP contribution in [0.25, 0.3) is 16.5 Å². The highest BCUT2D eigenvalue weighted by Crippen LogP contribution is 2.44. The van der Waals surface area contributed by atoms with Crippen LogP contribution in [0.1, 0.15) is 23.1 Å². The highest BCUT2D eigenvalue weighted by atomic mass is 19.4. The predicted octanol–water partition coefficient (Wildman–Crippen LogP) is 6.99. The Kier molecular flexibility index (Phi) is 8.61. The van der Waals surface area contributed by atoms with Crippen LogP contribution in [-0.4, -0.2) is 40.0 Å². The zero-order valence-electron chi connectivity index (χ0n) is 24.1. The largest absolute Gasteiger partial charge is 0.459 e. The number of anilines is 2. The number of aromatic nitrogens is 3. The molecule has 5 rings (SSSR count). The molecule has 4 N–H and O–H groups in total. The van der Waals surface area contributed by atoms with Crippen LogP contribution in [0.2, 0.25) is 0 Å². The number of carbonyl (C=O) groups excluding carboxylic acids is 2. The van der Waals surface area contributed by atoms with Crippen molar-refractivity contribution in [2.75, 3.05) is 17.7 Å². The summed E-state index contributed by atoms with van der Waals surface area (Å²) in [5.41, 5.74) is 5.23. The molecule has 2 heterocycles. The molecule has 2 aromatic heterocycles. The first kappa shape index (κ1) is 31.8. The van der Waals surface area contributed by atoms with E-state index >= 15 is 0 Å². The Morgan fingerprint density at radius 1 is 0.913 bits per heavy atom. The number of primary amides is 1. The summed E-state index contributed by atoms with van der Waals surface area (Å²) >= 11 is 0. The van der Waals surface area contributed by atoms with Gasteiger partial charge in [0, 0.05) is 36.2 Å². The van der Waals surface area contributed by atoms with Crippen LogP contribution in [0.4, 0.5) is 38.3 Å². The molecule has 5 aromatic rings. The Balaban J connectivity index is 1.43. The molecule has 0 aliphatic rings. The first-order valence-electron chi connectivity index (χ1n) is 13.5. The lowest BCUT2D eigenvalue weighted by Gasteiger charge is -2.16. The Labute approximate surface area is 257 Å². The van der Waals surface area contributed by atoms with Crippen LogP contribution in [0.3, 0.4) is 0 Å². The second-order valence-electron chi connectivity index (χ2n) is 10.0. The SMILES string of the molecule is COC(C(N)=O)c1cc(Oc2ccc(NC(=O)Nc3cc(C(F)(F)C(F)(F)F)nn3-c3ccc(C)cc3)c3ccccc23)ccn1. The van der Waals surface area contributed by atoms with Gasteiger partial charge in [-0.05, 0) is 37.3 Å². The molecular weight excluding hydrogens is 615 g/mol. The second kappa shape index (κ2) is 12.4. The quantitative estimate of drug-likeness (QED) is 0.149. The number of ether oxygens (including phenoxy) is 2. The normalized spacial score (nSPS) is 12.5. The number of alkyl halides is 5. The number of nitrogens with two attached hydrogens (primary N) is 1. The predicted molar refractivity (Wildman–Crippen MR) is 158 cm³/mol. The zero-order chi connectivity index (χ0) is 33.2. The summed E-state index contributed by atoms with van der Waals surface area (Å²) in [6, 6.07) is 18.6. The van der Waals surface area contributed by atoms with Crippen molar-refractivity contribution in [3.63, 3.8) is 0 Å². The summed E-state index contributed by atoms with van der Waals surface area (Å²) < 4.78 is 79.9. The molecule has 0 radical (unpaired) electrons. The number of fused-ring (bicyclic) bond motifs is 1. The number of hydrogen-bond donors (Lipinski definition) is 3. The number of urea groups is 1. The molecule has 0 spiro atoms. The summed E-state index contributed by atoms with van der Waals surface area (Å²) in [7, 11) is 1.31. The Hall–Kier alpha value is -5.57. The summed E-state index contributed by atoms with van der Waals surface area (Å²) in [6.07, 6.45) is -5.59. The van der Waals surface area contributed by atoms with Gasteiger partial charge in [0.2, 0.25) is 0 Å². The maximum absolute atomic E-state index is 14.2. The summed E-state index contributed by atoms with van der Waals surface area (Å²) in [5, 5.41) is 9.48. The molecule has 0 aliphatic carbocycles. The Morgan fingerprint density at radius 2 is 1.61 bits per heavy atom. The van der Waals surface area contributed by atoms with Crippen molar-refractivity contribution in [2.24, 2.45) is 5.73 Å². The molecule has 1 atom stereocenters. The van der Waals surface area contributed by atoms with E-state index in [2.05, 4.69) is 20.7 Å². The highest BCUT2D eigenvalue weighted by Gasteiger charge is 2.60. The van der Waals surface area contributed by atoms with Crippen LogP contribution >= 0.6 is 0 Å². The van der Waals surface area contributed by atoms with Crippen molar-refractivity contribution in [1.29, 1.82) is 0 Å². The number of nitrogens with one attached hydrogen (secondary N) is 2. The lowest BCUT2D eigenvalue weighted by molar-refractivity contribution is -0.291. The Bertz CT molecular complexity index is 1910. The molecule has 1 unspecified atom stereocenters. The summed E-state index contributed by atoms with van der Waals surface area (Å²) in [5.74, 6) is -5.76. The van der Waals surface area contributed by atoms with Crippen molar-refractivity contribution < 1.29 is 41.0 Å². The van der Waals surface area contributed by atoms with E-state index < -0.39 is 41.7 Å². The summed E-state index contributed by atoms with van der Waals surface area (Å²) in [6.45, 7) is 1.76. The van der Waals surface area contributed by atoms with E-state index in [1.54, 1.807) is 55.5 Å². The first-order chi connectivity index (χ1) is 21.8. The van der Waals surface area contributed by atoms with Gasteiger partial charge in [0.15, 0.2) is 6.10 Å². The minimum Gasteiger partial charge on any atom is -0.457 e. The molecule has 238 valence electrons. The minimum atomic E-state index is -5.91. The van der Waals surface area contributed by atoms with E-state index in [4.69, 9.17) is 15.2 Å². The van der Waals surface area contributed by atoms with Gasteiger partial charge in [-0.3, -0.25) is 15.1 Å². The lowest BCUT2D eigenvalue weighted by Crippen LogP contribution is -2.34. The molecule has 3 amide bonds. The fraction of sp³-hybridized carbons (Fsp3) is 0.161. The standard InChI is InChI=1S/C31H25F5N6O4/c1-17-7-9-18(10-8-17)42-26(16-25(41-42)30(32,33)31(34,35)36)40-29(44)39-22-11-12-24(21-6-4-3-5-20(21)22)46-19-13-14-38-23(15-19)27(45-2)28(37)43/h3-16,27H,1-2H3,(H2,37,43)(H2,39,40,44). The molecular formula is C31H25F5N6O4. The van der Waals surface area contributed by atoms with Crippen molar-refractivity contribution in [2.45, 2.75) is 25.1 Å². The maximum Gasteiger partial charge on any atom is 0.459 e. The van der Waals surface area contributed by atoms with Gasteiger partial charge in [-0.15, -0.1) is 0 Å². The third-order valence-corrected chi connectivity index (χ3v) is 6.78. The van der Waals surface area contributed by atoms with Crippen LogP contribution in [-0.2, 0) is 15.5 Å². The smallest absolute Gasteiger partial charge is 0.457 e. The number of carbonyl (C=O) groups is 2. The number of hydrogen-bond acceptors (Lipinski definition) is 6. The molecule has 0 saturated carbocycles. The average Bonchev–Trinajstić information content (AvgIpc) is 3.43. The molecule has 0 saturated heterocycles. The van der Waals surface area contributed by atoms with E-state index in [1.165, 1.54) is 37.6 Å². The highest BCUT2D eigenvalue weighted by molar-refractivity contribution is 6.07. The fourth-order valence-electron chi connectivity index (χ4n) is 4.54. The molecule has 15 heteroatoms. The number of benzene rings is 3. The second-order valence-corrected chi connectivity index (χ2v) is 10.0. The van der Waals surface area contributed by atoms with Crippen molar-refractivity contribution in [1.82, 2.24) is 14.8 Å². The van der Waals surface area contributed by atoms with Gasteiger partial charge in [-0.1, -0.05) is 42.0 Å². The molecule has 0 aliphatic heterocycles. The van der Waals surface area contributed by atoms with Crippen molar-refractivity contribution in [3.05, 3.63) is 102 Å². The topological polar surface area (TPSA) is 133 Å². The lowest BCUT2D eigenvalue weighted by atomic mass is 10.1. The zero-order valence-corrected chi connectivity index (χ0v) is 24.1.